The van der Waals surface area contributed by atoms with Crippen molar-refractivity contribution in [1.29, 1.82) is 0 Å². The number of methoxy groups -OCH3 is 1. The van der Waals surface area contributed by atoms with Crippen LogP contribution in [-0.4, -0.2) is 31.8 Å². The maximum absolute atomic E-state index is 11.1. The summed E-state index contributed by atoms with van der Waals surface area (Å²) in [6.45, 7) is 2.24. The lowest BCUT2D eigenvalue weighted by atomic mass is 10.2. The van der Waals surface area contributed by atoms with Crippen LogP contribution in [-0.2, 0) is 13.6 Å². The minimum atomic E-state index is -0.572. The zero-order valence-electron chi connectivity index (χ0n) is 11.3. The fraction of sp³-hybridized carbons (Fsp3) is 0.364. The third-order valence-electron chi connectivity index (χ3n) is 2.73. The molecular weight excluding hydrogens is 264 g/mol. The van der Waals surface area contributed by atoms with Gasteiger partial charge in [-0.3, -0.25) is 14.8 Å². The standard InChI is InChI=1S/C11H14N6O3/c1-7-8(5-16(2)15-7)4-12-10-9(17(18)19)11(20-3)14-6-13-10/h5-6H,4H2,1-3H3,(H,12,13,14). The molecule has 20 heavy (non-hydrogen) atoms. The van der Waals surface area contributed by atoms with Crippen molar-refractivity contribution in [2.75, 3.05) is 12.4 Å². The van der Waals surface area contributed by atoms with Crippen LogP contribution in [0.1, 0.15) is 11.3 Å². The van der Waals surface area contributed by atoms with E-state index in [4.69, 9.17) is 4.74 Å². The molecule has 0 amide bonds. The van der Waals surface area contributed by atoms with Crippen molar-refractivity contribution in [1.82, 2.24) is 19.7 Å². The molecule has 0 radical (unpaired) electrons. The number of nitro groups is 1. The summed E-state index contributed by atoms with van der Waals surface area (Å²) in [7, 11) is 3.14. The lowest BCUT2D eigenvalue weighted by molar-refractivity contribution is -0.385. The van der Waals surface area contributed by atoms with Crippen molar-refractivity contribution in [2.24, 2.45) is 7.05 Å². The van der Waals surface area contributed by atoms with Gasteiger partial charge in [0, 0.05) is 25.4 Å². The highest BCUT2D eigenvalue weighted by Gasteiger charge is 2.23. The molecule has 0 bridgehead atoms. The summed E-state index contributed by atoms with van der Waals surface area (Å²) < 4.78 is 6.56. The summed E-state index contributed by atoms with van der Waals surface area (Å²) in [5, 5.41) is 18.2. The monoisotopic (exact) mass is 278 g/mol. The number of rotatable bonds is 5. The first-order valence-corrected chi connectivity index (χ1v) is 5.79. The van der Waals surface area contributed by atoms with E-state index in [0.29, 0.717) is 6.54 Å². The molecule has 2 rings (SSSR count). The van der Waals surface area contributed by atoms with Crippen molar-refractivity contribution < 1.29 is 9.66 Å². The van der Waals surface area contributed by atoms with Crippen LogP contribution in [0.15, 0.2) is 12.5 Å². The van der Waals surface area contributed by atoms with Crippen molar-refractivity contribution in [3.05, 3.63) is 33.9 Å². The van der Waals surface area contributed by atoms with Gasteiger partial charge in [-0.2, -0.15) is 10.1 Å². The molecule has 106 valence electrons. The molecule has 0 spiro atoms. The maximum Gasteiger partial charge on any atom is 0.372 e. The summed E-state index contributed by atoms with van der Waals surface area (Å²) in [6, 6.07) is 0. The summed E-state index contributed by atoms with van der Waals surface area (Å²) in [5.74, 6) is 0.0421. The van der Waals surface area contributed by atoms with Crippen LogP contribution in [0.2, 0.25) is 0 Å². The summed E-state index contributed by atoms with van der Waals surface area (Å²) in [4.78, 5) is 18.1. The summed E-state index contributed by atoms with van der Waals surface area (Å²) in [6.07, 6.45) is 3.05. The van der Waals surface area contributed by atoms with E-state index in [1.807, 2.05) is 20.2 Å². The molecule has 0 saturated carbocycles. The second kappa shape index (κ2) is 5.51. The molecular formula is C11H14N6O3. The molecule has 1 N–H and O–H groups in total. The Morgan fingerprint density at radius 2 is 2.25 bits per heavy atom. The number of hydrogen-bond acceptors (Lipinski definition) is 7. The Kier molecular flexibility index (Phi) is 3.78. The summed E-state index contributed by atoms with van der Waals surface area (Å²) in [5.41, 5.74) is 1.50. The first kappa shape index (κ1) is 13.7. The molecule has 2 heterocycles. The zero-order valence-corrected chi connectivity index (χ0v) is 11.3. The van der Waals surface area contributed by atoms with E-state index in [2.05, 4.69) is 20.4 Å². The third-order valence-corrected chi connectivity index (χ3v) is 2.73. The second-order valence-corrected chi connectivity index (χ2v) is 4.10. The van der Waals surface area contributed by atoms with E-state index in [1.54, 1.807) is 4.68 Å². The van der Waals surface area contributed by atoms with E-state index < -0.39 is 4.92 Å². The fourth-order valence-corrected chi connectivity index (χ4v) is 1.81. The second-order valence-electron chi connectivity index (χ2n) is 4.10. The number of anilines is 1. The van der Waals surface area contributed by atoms with E-state index in [1.165, 1.54) is 13.4 Å². The molecule has 0 fully saturated rings. The quantitative estimate of drug-likeness (QED) is 0.643. The molecule has 0 saturated heterocycles. The van der Waals surface area contributed by atoms with Crippen LogP contribution < -0.4 is 10.1 Å². The lowest BCUT2D eigenvalue weighted by Crippen LogP contribution is -2.07. The molecule has 0 aliphatic carbocycles. The smallest absolute Gasteiger partial charge is 0.372 e. The largest absolute Gasteiger partial charge is 0.476 e. The Bertz CT molecular complexity index is 639. The predicted octanol–water partition coefficient (Wildman–Crippen LogP) is 1.05. The number of ether oxygens (including phenoxy) is 1. The Morgan fingerprint density at radius 1 is 1.50 bits per heavy atom. The number of hydrogen-bond donors (Lipinski definition) is 1. The Labute approximate surface area is 114 Å². The third kappa shape index (κ3) is 2.66. The molecule has 0 aromatic carbocycles. The van der Waals surface area contributed by atoms with Gasteiger partial charge >= 0.3 is 5.69 Å². The van der Waals surface area contributed by atoms with E-state index in [0.717, 1.165) is 11.3 Å². The zero-order chi connectivity index (χ0) is 14.7. The molecule has 2 aromatic rings. The molecule has 0 atom stereocenters. The van der Waals surface area contributed by atoms with Crippen LogP contribution in [0.25, 0.3) is 0 Å². The van der Waals surface area contributed by atoms with Crippen molar-refractivity contribution in [3.8, 4) is 5.88 Å². The SMILES string of the molecule is COc1ncnc(NCc2cn(C)nc2C)c1[N+](=O)[O-]. The van der Waals surface area contributed by atoms with Gasteiger partial charge in [0.15, 0.2) is 0 Å². The van der Waals surface area contributed by atoms with Crippen LogP contribution in [0, 0.1) is 17.0 Å². The Morgan fingerprint density at radius 3 is 2.80 bits per heavy atom. The fourth-order valence-electron chi connectivity index (χ4n) is 1.81. The normalized spacial score (nSPS) is 10.3. The van der Waals surface area contributed by atoms with Gasteiger partial charge in [-0.15, -0.1) is 0 Å². The lowest BCUT2D eigenvalue weighted by Gasteiger charge is -2.07. The van der Waals surface area contributed by atoms with Gasteiger partial charge in [-0.05, 0) is 6.92 Å². The van der Waals surface area contributed by atoms with Gasteiger partial charge in [0.25, 0.3) is 5.88 Å². The van der Waals surface area contributed by atoms with Gasteiger partial charge < -0.3 is 10.1 Å². The molecule has 2 aromatic heterocycles. The van der Waals surface area contributed by atoms with Crippen molar-refractivity contribution in [3.63, 3.8) is 0 Å². The number of nitrogens with one attached hydrogen (secondary N) is 1. The van der Waals surface area contributed by atoms with E-state index in [-0.39, 0.29) is 17.4 Å². The van der Waals surface area contributed by atoms with Crippen LogP contribution in [0.4, 0.5) is 11.5 Å². The van der Waals surface area contributed by atoms with Crippen LogP contribution >= 0.6 is 0 Å². The van der Waals surface area contributed by atoms with Gasteiger partial charge in [0.1, 0.15) is 6.33 Å². The Balaban J connectivity index is 2.25. The van der Waals surface area contributed by atoms with Crippen LogP contribution in [0.3, 0.4) is 0 Å². The average molecular weight is 278 g/mol. The van der Waals surface area contributed by atoms with Gasteiger partial charge in [0.2, 0.25) is 5.82 Å². The van der Waals surface area contributed by atoms with Gasteiger partial charge in [-0.25, -0.2) is 4.98 Å². The first-order valence-electron chi connectivity index (χ1n) is 5.79. The number of aromatic nitrogens is 4. The van der Waals surface area contributed by atoms with Crippen molar-refractivity contribution in [2.45, 2.75) is 13.5 Å². The first-order chi connectivity index (χ1) is 9.52. The topological polar surface area (TPSA) is 108 Å². The predicted molar refractivity (Wildman–Crippen MR) is 70.5 cm³/mol. The highest BCUT2D eigenvalue weighted by molar-refractivity contribution is 5.61. The molecule has 0 unspecified atom stereocenters. The Hall–Kier alpha value is -2.71. The number of aryl methyl sites for hydroxylation is 2. The maximum atomic E-state index is 11.1. The summed E-state index contributed by atoms with van der Waals surface area (Å²) >= 11 is 0. The number of nitrogens with zero attached hydrogens (tertiary/aromatic N) is 5. The highest BCUT2D eigenvalue weighted by Crippen LogP contribution is 2.30. The van der Waals surface area contributed by atoms with Crippen LogP contribution in [0.5, 0.6) is 5.88 Å². The molecule has 0 aliphatic rings. The minimum absolute atomic E-state index is 0.0737. The van der Waals surface area contributed by atoms with Gasteiger partial charge in [-0.1, -0.05) is 0 Å². The van der Waals surface area contributed by atoms with E-state index >= 15 is 0 Å². The van der Waals surface area contributed by atoms with Gasteiger partial charge in [0.05, 0.1) is 17.7 Å². The van der Waals surface area contributed by atoms with Crippen molar-refractivity contribution >= 4 is 11.5 Å². The molecule has 0 aliphatic heterocycles. The average Bonchev–Trinajstić information content (AvgIpc) is 2.73. The molecule has 9 nitrogen and oxygen atoms in total. The minimum Gasteiger partial charge on any atom is -0.476 e. The highest BCUT2D eigenvalue weighted by atomic mass is 16.6. The molecule has 9 heteroatoms. The van der Waals surface area contributed by atoms with E-state index in [9.17, 15) is 10.1 Å².